The van der Waals surface area contributed by atoms with E-state index in [1.807, 2.05) is 31.2 Å². The van der Waals surface area contributed by atoms with Crippen LogP contribution >= 0.6 is 0 Å². The van der Waals surface area contributed by atoms with Crippen LogP contribution in [0.25, 0.3) is 0 Å². The fraction of sp³-hybridized carbons (Fsp3) is 0.500. The molecule has 7 heteroatoms. The van der Waals surface area contributed by atoms with Gasteiger partial charge >= 0.3 is 0 Å². The van der Waals surface area contributed by atoms with Crippen LogP contribution in [0.1, 0.15) is 28.4 Å². The number of nitrogens with zero attached hydrogens (tertiary/aromatic N) is 3. The molecule has 0 saturated carbocycles. The zero-order valence-corrected chi connectivity index (χ0v) is 18.4. The van der Waals surface area contributed by atoms with Crippen LogP contribution in [0.15, 0.2) is 41.3 Å². The lowest BCUT2D eigenvalue weighted by Gasteiger charge is -2.39. The van der Waals surface area contributed by atoms with Gasteiger partial charge in [0, 0.05) is 32.4 Å². The molecule has 0 unspecified atom stereocenters. The molecule has 166 valence electrons. The number of likely N-dealkylation sites (tertiary alicyclic amines) is 1. The monoisotopic (exact) mass is 425 g/mol. The minimum atomic E-state index is -0.209. The van der Waals surface area contributed by atoms with E-state index in [0.717, 1.165) is 56.1 Å². The highest BCUT2D eigenvalue weighted by Crippen LogP contribution is 2.24. The van der Waals surface area contributed by atoms with Gasteiger partial charge in [0.1, 0.15) is 17.4 Å². The number of aryl methyl sites for hydroxylation is 2. The smallest absolute Gasteiger partial charge is 0.263 e. The molecule has 2 aromatic rings. The van der Waals surface area contributed by atoms with E-state index in [0.29, 0.717) is 19.6 Å². The van der Waals surface area contributed by atoms with Gasteiger partial charge in [-0.2, -0.15) is 0 Å². The van der Waals surface area contributed by atoms with Gasteiger partial charge in [-0.1, -0.05) is 25.1 Å². The van der Waals surface area contributed by atoms with Crippen LogP contribution in [-0.4, -0.2) is 72.3 Å². The van der Waals surface area contributed by atoms with Crippen molar-refractivity contribution in [2.75, 3.05) is 45.9 Å². The van der Waals surface area contributed by atoms with E-state index >= 15 is 0 Å². The summed E-state index contributed by atoms with van der Waals surface area (Å²) in [4.78, 5) is 30.1. The highest BCUT2D eigenvalue weighted by atomic mass is 16.5. The first-order valence-electron chi connectivity index (χ1n) is 11.1. The summed E-state index contributed by atoms with van der Waals surface area (Å²) in [5.74, 6) is 0.676. The van der Waals surface area contributed by atoms with Gasteiger partial charge in [0.15, 0.2) is 0 Å². The van der Waals surface area contributed by atoms with E-state index in [2.05, 4.69) is 17.9 Å². The van der Waals surface area contributed by atoms with Gasteiger partial charge in [-0.3, -0.25) is 14.5 Å². The van der Waals surface area contributed by atoms with Crippen molar-refractivity contribution < 1.29 is 14.3 Å². The Morgan fingerprint density at radius 1 is 1.13 bits per heavy atom. The second-order valence-corrected chi connectivity index (χ2v) is 8.24. The second kappa shape index (κ2) is 9.66. The molecule has 1 aromatic heterocycles. The number of rotatable bonds is 7. The van der Waals surface area contributed by atoms with Gasteiger partial charge in [-0.15, -0.1) is 0 Å². The standard InChI is InChI=1S/C24H31N3O4/c1-3-19-6-4-5-7-21(19)31-20-16-27(17-20)24(29)22-18(2)8-9-26(23(22)28)11-10-25-12-14-30-15-13-25/h4-9,20H,3,10-17H2,1-2H3. The van der Waals surface area contributed by atoms with E-state index in [-0.39, 0.29) is 23.1 Å². The molecule has 31 heavy (non-hydrogen) atoms. The number of para-hydroxylation sites is 1. The fourth-order valence-corrected chi connectivity index (χ4v) is 4.10. The average Bonchev–Trinajstić information content (AvgIpc) is 2.76. The Balaban J connectivity index is 1.39. The van der Waals surface area contributed by atoms with Gasteiger partial charge in [0.25, 0.3) is 11.5 Å². The Morgan fingerprint density at radius 3 is 2.61 bits per heavy atom. The lowest BCUT2D eigenvalue weighted by molar-refractivity contribution is 0.0172. The molecule has 0 atom stereocenters. The third-order valence-electron chi connectivity index (χ3n) is 6.13. The largest absolute Gasteiger partial charge is 0.486 e. The Hall–Kier alpha value is -2.64. The van der Waals surface area contributed by atoms with Crippen molar-refractivity contribution in [1.82, 2.24) is 14.4 Å². The predicted octanol–water partition coefficient (Wildman–Crippen LogP) is 1.95. The van der Waals surface area contributed by atoms with Crippen molar-refractivity contribution in [3.63, 3.8) is 0 Å². The van der Waals surface area contributed by atoms with Gasteiger partial charge in [-0.25, -0.2) is 0 Å². The Morgan fingerprint density at radius 2 is 1.87 bits per heavy atom. The van der Waals surface area contributed by atoms with Crippen molar-refractivity contribution in [3.05, 3.63) is 63.6 Å². The first-order valence-corrected chi connectivity index (χ1v) is 11.1. The molecule has 7 nitrogen and oxygen atoms in total. The highest BCUT2D eigenvalue weighted by molar-refractivity contribution is 5.95. The van der Waals surface area contributed by atoms with Gasteiger partial charge in [-0.05, 0) is 36.6 Å². The van der Waals surface area contributed by atoms with Crippen LogP contribution in [0, 0.1) is 6.92 Å². The van der Waals surface area contributed by atoms with Crippen molar-refractivity contribution in [2.45, 2.75) is 32.9 Å². The molecule has 1 amide bonds. The van der Waals surface area contributed by atoms with Crippen molar-refractivity contribution in [2.24, 2.45) is 0 Å². The van der Waals surface area contributed by atoms with Crippen LogP contribution in [0.3, 0.4) is 0 Å². The Bertz CT molecular complexity index is 975. The number of amides is 1. The van der Waals surface area contributed by atoms with E-state index in [9.17, 15) is 9.59 Å². The zero-order chi connectivity index (χ0) is 21.8. The van der Waals surface area contributed by atoms with Crippen molar-refractivity contribution >= 4 is 5.91 Å². The van der Waals surface area contributed by atoms with Gasteiger partial charge in [0.05, 0.1) is 26.3 Å². The molecule has 1 aromatic carbocycles. The molecule has 0 spiro atoms. The van der Waals surface area contributed by atoms with Crippen molar-refractivity contribution in [1.29, 1.82) is 0 Å². The first-order chi connectivity index (χ1) is 15.1. The maximum atomic E-state index is 13.1. The highest BCUT2D eigenvalue weighted by Gasteiger charge is 2.35. The fourth-order valence-electron chi connectivity index (χ4n) is 4.10. The molecule has 4 rings (SSSR count). The second-order valence-electron chi connectivity index (χ2n) is 8.24. The van der Waals surface area contributed by atoms with Gasteiger partial charge in [0.2, 0.25) is 0 Å². The molecular formula is C24H31N3O4. The maximum Gasteiger partial charge on any atom is 0.263 e. The summed E-state index contributed by atoms with van der Waals surface area (Å²) in [6.07, 6.45) is 2.65. The van der Waals surface area contributed by atoms with E-state index in [4.69, 9.17) is 9.47 Å². The third-order valence-corrected chi connectivity index (χ3v) is 6.13. The molecule has 0 bridgehead atoms. The van der Waals surface area contributed by atoms with Crippen molar-refractivity contribution in [3.8, 4) is 5.75 Å². The number of carbonyl (C=O) groups excluding carboxylic acids is 1. The Labute approximate surface area is 183 Å². The number of morpholine rings is 1. The van der Waals surface area contributed by atoms with Crippen LogP contribution < -0.4 is 10.3 Å². The molecular weight excluding hydrogens is 394 g/mol. The van der Waals surface area contributed by atoms with E-state index in [1.165, 1.54) is 0 Å². The summed E-state index contributed by atoms with van der Waals surface area (Å²) < 4.78 is 13.1. The number of benzene rings is 1. The number of aromatic nitrogens is 1. The minimum absolute atomic E-state index is 0.0378. The zero-order valence-electron chi connectivity index (χ0n) is 18.4. The molecule has 2 fully saturated rings. The lowest BCUT2D eigenvalue weighted by atomic mass is 10.1. The molecule has 2 saturated heterocycles. The lowest BCUT2D eigenvalue weighted by Crippen LogP contribution is -2.57. The summed E-state index contributed by atoms with van der Waals surface area (Å²) in [5.41, 5.74) is 1.95. The van der Waals surface area contributed by atoms with E-state index < -0.39 is 0 Å². The van der Waals surface area contributed by atoms with E-state index in [1.54, 1.807) is 15.7 Å². The predicted molar refractivity (Wildman–Crippen MR) is 119 cm³/mol. The van der Waals surface area contributed by atoms with Crippen LogP contribution in [-0.2, 0) is 17.7 Å². The summed E-state index contributed by atoms with van der Waals surface area (Å²) >= 11 is 0. The molecule has 2 aliphatic rings. The molecule has 0 radical (unpaired) electrons. The average molecular weight is 426 g/mol. The quantitative estimate of drug-likeness (QED) is 0.679. The minimum Gasteiger partial charge on any atom is -0.486 e. The summed E-state index contributed by atoms with van der Waals surface area (Å²) in [7, 11) is 0. The Kier molecular flexibility index (Phi) is 6.73. The summed E-state index contributed by atoms with van der Waals surface area (Å²) in [6.45, 7) is 9.48. The molecule has 0 aliphatic carbocycles. The van der Waals surface area contributed by atoms with Crippen LogP contribution in [0.5, 0.6) is 5.75 Å². The summed E-state index contributed by atoms with van der Waals surface area (Å²) in [5, 5.41) is 0. The first kappa shape index (κ1) is 21.6. The summed E-state index contributed by atoms with van der Waals surface area (Å²) in [6, 6.07) is 9.86. The van der Waals surface area contributed by atoms with Crippen LogP contribution in [0.2, 0.25) is 0 Å². The molecule has 3 heterocycles. The topological polar surface area (TPSA) is 64.0 Å². The maximum absolute atomic E-state index is 13.1. The normalized spacial score (nSPS) is 17.4. The molecule has 2 aliphatic heterocycles. The third kappa shape index (κ3) is 4.83. The number of pyridine rings is 1. The SMILES string of the molecule is CCc1ccccc1OC1CN(C(=O)c2c(C)ccn(CCN3CCOCC3)c2=O)C1. The number of ether oxygens (including phenoxy) is 2. The van der Waals surface area contributed by atoms with Gasteiger partial charge < -0.3 is 18.9 Å². The van der Waals surface area contributed by atoms with Crippen LogP contribution in [0.4, 0.5) is 0 Å². The number of carbonyl (C=O) groups is 1. The molecule has 0 N–H and O–H groups in total. The number of hydrogen-bond donors (Lipinski definition) is 0. The number of hydrogen-bond acceptors (Lipinski definition) is 5.